The minimum absolute atomic E-state index is 0.204. The van der Waals surface area contributed by atoms with Gasteiger partial charge in [0.15, 0.2) is 5.82 Å². The number of rotatable bonds is 10. The van der Waals surface area contributed by atoms with Crippen LogP contribution in [-0.2, 0) is 0 Å². The van der Waals surface area contributed by atoms with Gasteiger partial charge in [-0.3, -0.25) is 4.79 Å². The molecule has 0 bridgehead atoms. The molecule has 0 saturated carbocycles. The molecular formula is C29H32ClN5O2. The maximum Gasteiger partial charge on any atom is 0.257 e. The topological polar surface area (TPSA) is 70.6 Å². The van der Waals surface area contributed by atoms with Crippen molar-refractivity contribution in [3.8, 4) is 17.0 Å². The molecular weight excluding hydrogens is 486 g/mol. The van der Waals surface area contributed by atoms with Crippen molar-refractivity contribution in [3.05, 3.63) is 77.3 Å². The second-order valence-electron chi connectivity index (χ2n) is 8.75. The summed E-state index contributed by atoms with van der Waals surface area (Å²) < 4.78 is 5.55. The van der Waals surface area contributed by atoms with Gasteiger partial charge in [0, 0.05) is 36.4 Å². The van der Waals surface area contributed by atoms with Crippen LogP contribution in [0.5, 0.6) is 5.88 Å². The number of hydrogen-bond acceptors (Lipinski definition) is 6. The SMILES string of the molecule is CCN(CC)CCN(C)c1nc2ccc(NC(=O)c3ccc(-c4cccc(Cl)c4)cc3)cc2nc1OC. The third-order valence-electron chi connectivity index (χ3n) is 6.38. The van der Waals surface area contributed by atoms with Crippen molar-refractivity contribution in [3.63, 3.8) is 0 Å². The van der Waals surface area contributed by atoms with Crippen LogP contribution >= 0.6 is 11.6 Å². The van der Waals surface area contributed by atoms with E-state index in [1.165, 1.54) is 0 Å². The number of carbonyl (C=O) groups is 1. The molecule has 1 heterocycles. The van der Waals surface area contributed by atoms with Gasteiger partial charge in [0.1, 0.15) is 0 Å². The van der Waals surface area contributed by atoms with Crippen molar-refractivity contribution in [2.75, 3.05) is 50.6 Å². The van der Waals surface area contributed by atoms with Gasteiger partial charge in [-0.15, -0.1) is 0 Å². The average molecular weight is 518 g/mol. The molecule has 1 aromatic heterocycles. The number of methoxy groups -OCH3 is 1. The zero-order valence-corrected chi connectivity index (χ0v) is 22.4. The number of halogens is 1. The lowest BCUT2D eigenvalue weighted by atomic mass is 10.0. The summed E-state index contributed by atoms with van der Waals surface area (Å²) in [5.74, 6) is 0.943. The summed E-state index contributed by atoms with van der Waals surface area (Å²) >= 11 is 6.10. The molecule has 0 aliphatic carbocycles. The maximum absolute atomic E-state index is 12.9. The first kappa shape index (κ1) is 26.4. The zero-order chi connectivity index (χ0) is 26.4. The number of amides is 1. The first-order valence-corrected chi connectivity index (χ1v) is 12.8. The van der Waals surface area contributed by atoms with Gasteiger partial charge in [0.05, 0.1) is 18.1 Å². The number of aromatic nitrogens is 2. The number of nitrogens with zero attached hydrogens (tertiary/aromatic N) is 4. The summed E-state index contributed by atoms with van der Waals surface area (Å²) in [6.07, 6.45) is 0. The molecule has 0 radical (unpaired) electrons. The summed E-state index contributed by atoms with van der Waals surface area (Å²) in [4.78, 5) is 26.8. The quantitative estimate of drug-likeness (QED) is 0.278. The van der Waals surface area contributed by atoms with E-state index >= 15 is 0 Å². The summed E-state index contributed by atoms with van der Waals surface area (Å²) in [7, 11) is 3.59. The molecule has 192 valence electrons. The van der Waals surface area contributed by atoms with Crippen molar-refractivity contribution in [2.24, 2.45) is 0 Å². The summed E-state index contributed by atoms with van der Waals surface area (Å²) in [5, 5.41) is 3.63. The first-order valence-electron chi connectivity index (χ1n) is 12.4. The highest BCUT2D eigenvalue weighted by molar-refractivity contribution is 6.30. The normalized spacial score (nSPS) is 11.1. The molecule has 0 fully saturated rings. The van der Waals surface area contributed by atoms with Crippen LogP contribution < -0.4 is 15.0 Å². The number of fused-ring (bicyclic) bond motifs is 1. The molecule has 8 heteroatoms. The molecule has 3 aromatic carbocycles. The zero-order valence-electron chi connectivity index (χ0n) is 21.7. The Morgan fingerprint density at radius 1 is 0.919 bits per heavy atom. The van der Waals surface area contributed by atoms with Crippen LogP contribution in [0, 0.1) is 0 Å². The van der Waals surface area contributed by atoms with Crippen LogP contribution in [0.3, 0.4) is 0 Å². The van der Waals surface area contributed by atoms with Crippen molar-refractivity contribution in [1.29, 1.82) is 0 Å². The third-order valence-corrected chi connectivity index (χ3v) is 6.61. The van der Waals surface area contributed by atoms with E-state index in [0.29, 0.717) is 33.5 Å². The molecule has 0 atom stereocenters. The minimum Gasteiger partial charge on any atom is -0.478 e. The molecule has 0 saturated heterocycles. The van der Waals surface area contributed by atoms with E-state index < -0.39 is 0 Å². The molecule has 0 aliphatic rings. The van der Waals surface area contributed by atoms with Crippen LogP contribution in [0.2, 0.25) is 5.02 Å². The van der Waals surface area contributed by atoms with E-state index in [4.69, 9.17) is 21.3 Å². The van der Waals surface area contributed by atoms with Gasteiger partial charge in [-0.25, -0.2) is 9.97 Å². The predicted molar refractivity (Wildman–Crippen MR) is 152 cm³/mol. The number of nitrogens with one attached hydrogen (secondary N) is 1. The van der Waals surface area contributed by atoms with Gasteiger partial charge < -0.3 is 19.9 Å². The van der Waals surface area contributed by atoms with Crippen molar-refractivity contribution < 1.29 is 9.53 Å². The van der Waals surface area contributed by atoms with Gasteiger partial charge in [0.25, 0.3) is 11.8 Å². The monoisotopic (exact) mass is 517 g/mol. The van der Waals surface area contributed by atoms with Crippen molar-refractivity contribution in [1.82, 2.24) is 14.9 Å². The maximum atomic E-state index is 12.9. The minimum atomic E-state index is -0.204. The number of likely N-dealkylation sites (N-methyl/N-ethyl adjacent to an activating group) is 2. The molecule has 0 spiro atoms. The molecule has 0 aliphatic heterocycles. The van der Waals surface area contributed by atoms with Gasteiger partial charge in [-0.1, -0.05) is 49.7 Å². The second-order valence-corrected chi connectivity index (χ2v) is 9.19. The van der Waals surface area contributed by atoms with E-state index in [2.05, 4.69) is 33.9 Å². The Morgan fingerprint density at radius 3 is 2.35 bits per heavy atom. The van der Waals surface area contributed by atoms with Crippen LogP contribution in [0.25, 0.3) is 22.2 Å². The highest BCUT2D eigenvalue weighted by Crippen LogP contribution is 2.28. The van der Waals surface area contributed by atoms with Crippen molar-refractivity contribution >= 4 is 40.0 Å². The van der Waals surface area contributed by atoms with Gasteiger partial charge in [-0.05, 0) is 66.7 Å². The molecule has 37 heavy (non-hydrogen) atoms. The Kier molecular flexibility index (Phi) is 8.58. The van der Waals surface area contributed by atoms with Crippen LogP contribution in [0.1, 0.15) is 24.2 Å². The van der Waals surface area contributed by atoms with Crippen LogP contribution in [-0.4, -0.2) is 61.1 Å². The second kappa shape index (κ2) is 12.0. The van der Waals surface area contributed by atoms with Crippen LogP contribution in [0.15, 0.2) is 66.7 Å². The van der Waals surface area contributed by atoms with E-state index in [-0.39, 0.29) is 5.91 Å². The highest BCUT2D eigenvalue weighted by Gasteiger charge is 2.15. The Balaban J connectivity index is 1.49. The Morgan fingerprint density at radius 2 is 1.68 bits per heavy atom. The molecule has 1 amide bonds. The molecule has 0 unspecified atom stereocenters. The van der Waals surface area contributed by atoms with E-state index in [1.807, 2.05) is 61.6 Å². The van der Waals surface area contributed by atoms with Crippen molar-refractivity contribution in [2.45, 2.75) is 13.8 Å². The van der Waals surface area contributed by atoms with E-state index in [9.17, 15) is 4.79 Å². The average Bonchev–Trinajstić information content (AvgIpc) is 2.92. The third kappa shape index (κ3) is 6.37. The number of anilines is 2. The number of hydrogen-bond donors (Lipinski definition) is 1. The fourth-order valence-electron chi connectivity index (χ4n) is 4.11. The standard InChI is InChI=1S/C29H32ClN5O2/c1-5-35(6-2)17-16-34(3)27-29(37-4)33-26-19-24(14-15-25(26)32-27)31-28(36)21-12-10-20(11-13-21)22-8-7-9-23(30)18-22/h7-15,18-19H,5-6,16-17H2,1-4H3,(H,31,36). The Bertz CT molecular complexity index is 1370. The largest absolute Gasteiger partial charge is 0.478 e. The molecule has 4 aromatic rings. The van der Waals surface area contributed by atoms with E-state index in [0.717, 1.165) is 42.8 Å². The number of ether oxygens (including phenoxy) is 1. The number of carbonyl (C=O) groups excluding carboxylic acids is 1. The predicted octanol–water partition coefficient (Wildman–Crippen LogP) is 5.99. The molecule has 4 rings (SSSR count). The van der Waals surface area contributed by atoms with Crippen LogP contribution in [0.4, 0.5) is 11.5 Å². The smallest absolute Gasteiger partial charge is 0.257 e. The highest BCUT2D eigenvalue weighted by atomic mass is 35.5. The van der Waals surface area contributed by atoms with Gasteiger partial charge in [0.2, 0.25) is 0 Å². The Labute approximate surface area is 223 Å². The first-order chi connectivity index (χ1) is 17.9. The fraction of sp³-hybridized carbons (Fsp3) is 0.276. The summed E-state index contributed by atoms with van der Waals surface area (Å²) in [6.45, 7) is 8.07. The Hall–Kier alpha value is -3.68. The summed E-state index contributed by atoms with van der Waals surface area (Å²) in [6, 6.07) is 20.6. The number of benzene rings is 3. The van der Waals surface area contributed by atoms with Gasteiger partial charge in [-0.2, -0.15) is 0 Å². The van der Waals surface area contributed by atoms with Gasteiger partial charge >= 0.3 is 0 Å². The lowest BCUT2D eigenvalue weighted by Gasteiger charge is -2.24. The van der Waals surface area contributed by atoms with E-state index in [1.54, 1.807) is 19.2 Å². The fourth-order valence-corrected chi connectivity index (χ4v) is 4.30. The molecule has 7 nitrogen and oxygen atoms in total. The summed E-state index contributed by atoms with van der Waals surface area (Å²) in [5.41, 5.74) is 4.56. The lowest BCUT2D eigenvalue weighted by molar-refractivity contribution is 0.102. The lowest BCUT2D eigenvalue weighted by Crippen LogP contribution is -2.33. The molecule has 1 N–H and O–H groups in total.